The molecular weight excluding hydrogens is 303 g/mol. The molecule has 1 heterocycles. The van der Waals surface area contributed by atoms with Gasteiger partial charge in [-0.05, 0) is 35.0 Å². The van der Waals surface area contributed by atoms with Gasteiger partial charge >= 0.3 is 5.56 Å². The lowest BCUT2D eigenvalue weighted by molar-refractivity contribution is 0.439. The molecule has 0 fully saturated rings. The number of nitrogens with zero attached hydrogens (tertiary/aromatic N) is 2. The van der Waals surface area contributed by atoms with Crippen LogP contribution in [0.5, 0.6) is 11.6 Å². The van der Waals surface area contributed by atoms with Gasteiger partial charge in [0.15, 0.2) is 0 Å². The largest absolute Gasteiger partial charge is 0.433 e. The lowest BCUT2D eigenvalue weighted by Gasteiger charge is -2.08. The molecular formula is C12H10BrFN2O2. The number of halogens is 2. The van der Waals surface area contributed by atoms with Gasteiger partial charge in [0.05, 0.1) is 4.47 Å². The van der Waals surface area contributed by atoms with Crippen molar-refractivity contribution >= 4 is 15.9 Å². The minimum atomic E-state index is -0.444. The van der Waals surface area contributed by atoms with Gasteiger partial charge in [0.2, 0.25) is 0 Å². The summed E-state index contributed by atoms with van der Waals surface area (Å²) in [5.41, 5.74) is -0.351. The highest BCUT2D eigenvalue weighted by molar-refractivity contribution is 9.10. The molecule has 0 aliphatic rings. The van der Waals surface area contributed by atoms with E-state index in [1.165, 1.54) is 29.0 Å². The zero-order valence-corrected chi connectivity index (χ0v) is 11.1. The Balaban J connectivity index is 2.40. The monoisotopic (exact) mass is 312 g/mol. The Bertz CT molecular complexity index is 628. The van der Waals surface area contributed by atoms with Crippen LogP contribution in [0.25, 0.3) is 0 Å². The molecule has 0 amide bonds. The van der Waals surface area contributed by atoms with Crippen molar-refractivity contribution in [1.82, 2.24) is 9.55 Å². The molecule has 0 bridgehead atoms. The molecule has 18 heavy (non-hydrogen) atoms. The Hall–Kier alpha value is -1.69. The van der Waals surface area contributed by atoms with Crippen molar-refractivity contribution in [2.24, 2.45) is 0 Å². The molecule has 0 saturated heterocycles. The molecule has 0 radical (unpaired) electrons. The van der Waals surface area contributed by atoms with E-state index in [4.69, 9.17) is 4.74 Å². The molecule has 1 aromatic heterocycles. The van der Waals surface area contributed by atoms with Gasteiger partial charge in [0, 0.05) is 25.0 Å². The summed E-state index contributed by atoms with van der Waals surface area (Å²) in [6.07, 6.45) is 3.03. The van der Waals surface area contributed by atoms with E-state index in [-0.39, 0.29) is 17.2 Å². The van der Waals surface area contributed by atoms with Crippen molar-refractivity contribution in [3.8, 4) is 11.6 Å². The van der Waals surface area contributed by atoms with Crippen molar-refractivity contribution in [2.45, 2.75) is 13.5 Å². The van der Waals surface area contributed by atoms with Crippen molar-refractivity contribution in [3.05, 3.63) is 51.2 Å². The highest BCUT2D eigenvalue weighted by Gasteiger charge is 2.09. The third-order valence-corrected chi connectivity index (χ3v) is 2.98. The van der Waals surface area contributed by atoms with Gasteiger partial charge in [-0.25, -0.2) is 9.37 Å². The Morgan fingerprint density at radius 3 is 3.00 bits per heavy atom. The summed E-state index contributed by atoms with van der Waals surface area (Å²) >= 11 is 3.22. The smallest absolute Gasteiger partial charge is 0.313 e. The van der Waals surface area contributed by atoms with Crippen molar-refractivity contribution in [3.63, 3.8) is 0 Å². The Kier molecular flexibility index (Phi) is 3.76. The number of aryl methyl sites for hydroxylation is 1. The molecule has 0 atom stereocenters. The summed E-state index contributed by atoms with van der Waals surface area (Å²) in [4.78, 5) is 15.7. The highest BCUT2D eigenvalue weighted by atomic mass is 79.9. The van der Waals surface area contributed by atoms with E-state index in [9.17, 15) is 9.18 Å². The number of ether oxygens (including phenoxy) is 1. The van der Waals surface area contributed by atoms with Crippen molar-refractivity contribution in [1.29, 1.82) is 0 Å². The van der Waals surface area contributed by atoms with Crippen molar-refractivity contribution in [2.75, 3.05) is 0 Å². The average molecular weight is 313 g/mol. The van der Waals surface area contributed by atoms with Gasteiger partial charge in [-0.3, -0.25) is 4.79 Å². The third kappa shape index (κ3) is 2.59. The fourth-order valence-electron chi connectivity index (χ4n) is 1.41. The Morgan fingerprint density at radius 2 is 2.28 bits per heavy atom. The average Bonchev–Trinajstić information content (AvgIpc) is 2.36. The number of aromatic nitrogens is 2. The standard InChI is InChI=1S/C12H10BrFN2O2/c1-2-16-6-5-15-11(12(16)17)18-10-7-8(14)3-4-9(10)13/h3-7H,2H2,1H3. The molecule has 94 valence electrons. The summed E-state index contributed by atoms with van der Waals surface area (Å²) < 4.78 is 20.4. The van der Waals surface area contributed by atoms with Gasteiger partial charge in [0.1, 0.15) is 11.6 Å². The maximum Gasteiger partial charge on any atom is 0.313 e. The van der Waals surface area contributed by atoms with E-state index < -0.39 is 5.82 Å². The first-order valence-electron chi connectivity index (χ1n) is 5.30. The van der Waals surface area contributed by atoms with Crippen LogP contribution in [0.1, 0.15) is 6.92 Å². The quantitative estimate of drug-likeness (QED) is 0.875. The number of hydrogen-bond acceptors (Lipinski definition) is 3. The molecule has 6 heteroatoms. The Morgan fingerprint density at radius 1 is 1.50 bits per heavy atom. The van der Waals surface area contributed by atoms with E-state index in [2.05, 4.69) is 20.9 Å². The van der Waals surface area contributed by atoms with Gasteiger partial charge in [-0.15, -0.1) is 0 Å². The van der Waals surface area contributed by atoms with Crippen LogP contribution in [0.15, 0.2) is 39.9 Å². The van der Waals surface area contributed by atoms with Gasteiger partial charge < -0.3 is 9.30 Å². The predicted octanol–water partition coefficient (Wildman–Crippen LogP) is 2.96. The maximum atomic E-state index is 13.1. The molecule has 2 aromatic rings. The minimum Gasteiger partial charge on any atom is -0.433 e. The van der Waals surface area contributed by atoms with Gasteiger partial charge in [-0.1, -0.05) is 0 Å². The summed E-state index contributed by atoms with van der Waals surface area (Å²) in [6, 6.07) is 3.99. The summed E-state index contributed by atoms with van der Waals surface area (Å²) in [6.45, 7) is 2.35. The minimum absolute atomic E-state index is 0.0781. The van der Waals surface area contributed by atoms with Crippen LogP contribution in [0.4, 0.5) is 4.39 Å². The molecule has 0 saturated carbocycles. The molecule has 1 aromatic carbocycles. The predicted molar refractivity (Wildman–Crippen MR) is 68.3 cm³/mol. The van der Waals surface area contributed by atoms with E-state index in [1.54, 1.807) is 6.20 Å². The second-order valence-corrected chi connectivity index (χ2v) is 4.35. The summed E-state index contributed by atoms with van der Waals surface area (Å²) in [5.74, 6) is -0.306. The molecule has 0 unspecified atom stereocenters. The van der Waals surface area contributed by atoms with E-state index in [0.29, 0.717) is 11.0 Å². The lowest BCUT2D eigenvalue weighted by atomic mass is 10.3. The van der Waals surface area contributed by atoms with Gasteiger partial charge in [0.25, 0.3) is 5.88 Å². The van der Waals surface area contributed by atoms with Crippen LogP contribution < -0.4 is 10.3 Å². The second-order valence-electron chi connectivity index (χ2n) is 3.50. The first-order chi connectivity index (χ1) is 8.61. The van der Waals surface area contributed by atoms with Crippen LogP contribution in [0.3, 0.4) is 0 Å². The first-order valence-corrected chi connectivity index (χ1v) is 6.09. The van der Waals surface area contributed by atoms with Gasteiger partial charge in [-0.2, -0.15) is 0 Å². The van der Waals surface area contributed by atoms with E-state index in [0.717, 1.165) is 0 Å². The SMILES string of the molecule is CCn1ccnc(Oc2cc(F)ccc2Br)c1=O. The van der Waals surface area contributed by atoms with E-state index >= 15 is 0 Å². The lowest BCUT2D eigenvalue weighted by Crippen LogP contribution is -2.20. The first kappa shape index (κ1) is 12.8. The summed E-state index contributed by atoms with van der Waals surface area (Å²) in [7, 11) is 0. The Labute approximate surface area is 111 Å². The fourth-order valence-corrected chi connectivity index (χ4v) is 1.73. The molecule has 2 rings (SSSR count). The maximum absolute atomic E-state index is 13.1. The second kappa shape index (κ2) is 5.30. The topological polar surface area (TPSA) is 44.1 Å². The summed E-state index contributed by atoms with van der Waals surface area (Å²) in [5, 5.41) is 0. The van der Waals surface area contributed by atoms with Crippen LogP contribution in [-0.4, -0.2) is 9.55 Å². The van der Waals surface area contributed by atoms with Crippen LogP contribution >= 0.6 is 15.9 Å². The van der Waals surface area contributed by atoms with Crippen LogP contribution in [-0.2, 0) is 6.54 Å². The highest BCUT2D eigenvalue weighted by Crippen LogP contribution is 2.28. The molecule has 0 aliphatic heterocycles. The number of rotatable bonds is 3. The van der Waals surface area contributed by atoms with E-state index in [1.807, 2.05) is 6.92 Å². The number of hydrogen-bond donors (Lipinski definition) is 0. The third-order valence-electron chi connectivity index (χ3n) is 2.32. The molecule has 0 spiro atoms. The number of benzene rings is 1. The molecule has 4 nitrogen and oxygen atoms in total. The van der Waals surface area contributed by atoms with Crippen LogP contribution in [0, 0.1) is 5.82 Å². The van der Waals surface area contributed by atoms with Crippen molar-refractivity contribution < 1.29 is 9.13 Å². The normalized spacial score (nSPS) is 10.4. The fraction of sp³-hybridized carbons (Fsp3) is 0.167. The molecule has 0 aliphatic carbocycles. The zero-order chi connectivity index (χ0) is 13.1. The zero-order valence-electron chi connectivity index (χ0n) is 9.56. The molecule has 0 N–H and O–H groups in total. The van der Waals surface area contributed by atoms with Crippen LogP contribution in [0.2, 0.25) is 0 Å².